The summed E-state index contributed by atoms with van der Waals surface area (Å²) in [5, 5.41) is 1.42. The molecular formula is C12H15BrClNO. The van der Waals surface area contributed by atoms with E-state index in [0.717, 1.165) is 12.1 Å². The van der Waals surface area contributed by atoms with E-state index in [2.05, 4.69) is 15.9 Å². The van der Waals surface area contributed by atoms with Gasteiger partial charge in [-0.25, -0.2) is 0 Å². The molecule has 0 saturated heterocycles. The van der Waals surface area contributed by atoms with Crippen LogP contribution < -0.4 is 0 Å². The smallest absolute Gasteiger partial charge is 0.223 e. The molecule has 0 heterocycles. The number of halogens is 2. The quantitative estimate of drug-likeness (QED) is 0.763. The van der Waals surface area contributed by atoms with Crippen LogP contribution in [0.15, 0.2) is 24.3 Å². The fraction of sp³-hybridized carbons (Fsp3) is 0.417. The van der Waals surface area contributed by atoms with E-state index in [4.69, 9.17) is 11.6 Å². The van der Waals surface area contributed by atoms with Gasteiger partial charge in [0, 0.05) is 29.9 Å². The van der Waals surface area contributed by atoms with Crippen LogP contribution in [0.25, 0.3) is 0 Å². The van der Waals surface area contributed by atoms with Crippen molar-refractivity contribution in [1.29, 1.82) is 0 Å². The van der Waals surface area contributed by atoms with Crippen LogP contribution in [0.5, 0.6) is 0 Å². The van der Waals surface area contributed by atoms with Gasteiger partial charge in [0.15, 0.2) is 0 Å². The first kappa shape index (κ1) is 13.5. The second-order valence-electron chi connectivity index (χ2n) is 3.48. The van der Waals surface area contributed by atoms with Crippen LogP contribution in [0.3, 0.4) is 0 Å². The van der Waals surface area contributed by atoms with Crippen LogP contribution in [-0.4, -0.2) is 22.7 Å². The number of hydrogen-bond donors (Lipinski definition) is 0. The molecule has 0 saturated carbocycles. The standard InChI is InChI=1S/C12H15BrClNO/c1-2-15(12(16)6-7-13)9-10-4-3-5-11(14)8-10/h3-5,8H,2,6-7,9H2,1H3. The highest BCUT2D eigenvalue weighted by Crippen LogP contribution is 2.13. The largest absolute Gasteiger partial charge is 0.339 e. The van der Waals surface area contributed by atoms with Crippen LogP contribution in [0, 0.1) is 0 Å². The minimum absolute atomic E-state index is 0.166. The van der Waals surface area contributed by atoms with E-state index in [1.807, 2.05) is 36.1 Å². The van der Waals surface area contributed by atoms with Crippen molar-refractivity contribution < 1.29 is 4.79 Å². The van der Waals surface area contributed by atoms with Crippen molar-refractivity contribution in [3.63, 3.8) is 0 Å². The number of carbonyl (C=O) groups is 1. The summed E-state index contributed by atoms with van der Waals surface area (Å²) in [5.74, 6) is 0.166. The van der Waals surface area contributed by atoms with Gasteiger partial charge in [0.25, 0.3) is 0 Å². The van der Waals surface area contributed by atoms with Gasteiger partial charge in [-0.3, -0.25) is 4.79 Å². The Balaban J connectivity index is 2.66. The zero-order valence-corrected chi connectivity index (χ0v) is 11.6. The maximum absolute atomic E-state index is 11.7. The van der Waals surface area contributed by atoms with Crippen LogP contribution in [0.1, 0.15) is 18.9 Å². The molecule has 0 atom stereocenters. The normalized spacial score (nSPS) is 10.2. The summed E-state index contributed by atoms with van der Waals surface area (Å²) in [6.07, 6.45) is 0.536. The zero-order chi connectivity index (χ0) is 12.0. The lowest BCUT2D eigenvalue weighted by atomic mass is 10.2. The van der Waals surface area contributed by atoms with Crippen LogP contribution in [0.4, 0.5) is 0 Å². The third-order valence-corrected chi connectivity index (χ3v) is 2.94. The molecule has 0 bridgehead atoms. The highest BCUT2D eigenvalue weighted by Gasteiger charge is 2.11. The molecule has 0 N–H and O–H groups in total. The predicted octanol–water partition coefficient (Wildman–Crippen LogP) is 3.47. The van der Waals surface area contributed by atoms with Crippen molar-refractivity contribution in [2.45, 2.75) is 19.9 Å². The van der Waals surface area contributed by atoms with Crippen LogP contribution in [-0.2, 0) is 11.3 Å². The third-order valence-electron chi connectivity index (χ3n) is 2.31. The number of amides is 1. The summed E-state index contributed by atoms with van der Waals surface area (Å²) < 4.78 is 0. The molecule has 4 heteroatoms. The first-order valence-corrected chi connectivity index (χ1v) is 6.75. The lowest BCUT2D eigenvalue weighted by molar-refractivity contribution is -0.131. The Morgan fingerprint density at radius 2 is 2.25 bits per heavy atom. The maximum Gasteiger partial charge on any atom is 0.223 e. The average Bonchev–Trinajstić information content (AvgIpc) is 2.26. The van der Waals surface area contributed by atoms with E-state index in [1.54, 1.807) is 0 Å². The second kappa shape index (κ2) is 6.92. The van der Waals surface area contributed by atoms with Crippen molar-refractivity contribution >= 4 is 33.4 Å². The number of carbonyl (C=O) groups excluding carboxylic acids is 1. The van der Waals surface area contributed by atoms with Crippen molar-refractivity contribution in [3.8, 4) is 0 Å². The van der Waals surface area contributed by atoms with Gasteiger partial charge in [-0.05, 0) is 24.6 Å². The van der Waals surface area contributed by atoms with E-state index >= 15 is 0 Å². The molecule has 0 fully saturated rings. The Bertz CT molecular complexity index is 357. The highest BCUT2D eigenvalue weighted by atomic mass is 79.9. The summed E-state index contributed by atoms with van der Waals surface area (Å²) >= 11 is 9.18. The fourth-order valence-corrected chi connectivity index (χ4v) is 2.02. The maximum atomic E-state index is 11.7. The van der Waals surface area contributed by atoms with Gasteiger partial charge in [0.2, 0.25) is 5.91 Å². The van der Waals surface area contributed by atoms with E-state index in [0.29, 0.717) is 23.3 Å². The molecule has 0 radical (unpaired) electrons. The molecule has 0 aliphatic rings. The Labute approximate surface area is 110 Å². The molecule has 0 aliphatic heterocycles. The minimum atomic E-state index is 0.166. The van der Waals surface area contributed by atoms with E-state index in [9.17, 15) is 4.79 Å². The number of rotatable bonds is 5. The molecule has 2 nitrogen and oxygen atoms in total. The van der Waals surface area contributed by atoms with Crippen molar-refractivity contribution in [3.05, 3.63) is 34.9 Å². The summed E-state index contributed by atoms with van der Waals surface area (Å²) in [6.45, 7) is 3.33. The van der Waals surface area contributed by atoms with Gasteiger partial charge < -0.3 is 4.90 Å². The summed E-state index contributed by atoms with van der Waals surface area (Å²) in [4.78, 5) is 13.6. The first-order valence-electron chi connectivity index (χ1n) is 5.25. The lowest BCUT2D eigenvalue weighted by Gasteiger charge is -2.20. The number of benzene rings is 1. The number of nitrogens with zero attached hydrogens (tertiary/aromatic N) is 1. The molecule has 0 unspecified atom stereocenters. The Kier molecular flexibility index (Phi) is 5.85. The Morgan fingerprint density at radius 3 is 2.81 bits per heavy atom. The molecule has 0 spiro atoms. The van der Waals surface area contributed by atoms with Gasteiger partial charge in [-0.15, -0.1) is 0 Å². The molecule has 16 heavy (non-hydrogen) atoms. The lowest BCUT2D eigenvalue weighted by Crippen LogP contribution is -2.30. The van der Waals surface area contributed by atoms with Crippen molar-refractivity contribution in [1.82, 2.24) is 4.90 Å². The summed E-state index contributed by atoms with van der Waals surface area (Å²) in [7, 11) is 0. The molecule has 1 aromatic carbocycles. The zero-order valence-electron chi connectivity index (χ0n) is 9.25. The van der Waals surface area contributed by atoms with Gasteiger partial charge in [0.05, 0.1) is 0 Å². The fourth-order valence-electron chi connectivity index (χ4n) is 1.47. The number of alkyl halides is 1. The van der Waals surface area contributed by atoms with Gasteiger partial charge in [0.1, 0.15) is 0 Å². The Hall–Kier alpha value is -0.540. The average molecular weight is 305 g/mol. The predicted molar refractivity (Wildman–Crippen MR) is 71.0 cm³/mol. The van der Waals surface area contributed by atoms with E-state index < -0.39 is 0 Å². The van der Waals surface area contributed by atoms with Crippen LogP contribution >= 0.6 is 27.5 Å². The molecule has 0 aromatic heterocycles. The number of hydrogen-bond acceptors (Lipinski definition) is 1. The third kappa shape index (κ3) is 4.14. The Morgan fingerprint density at radius 1 is 1.50 bits per heavy atom. The van der Waals surface area contributed by atoms with Crippen molar-refractivity contribution in [2.24, 2.45) is 0 Å². The highest BCUT2D eigenvalue weighted by molar-refractivity contribution is 9.09. The van der Waals surface area contributed by atoms with Gasteiger partial charge in [-0.1, -0.05) is 39.7 Å². The summed E-state index contributed by atoms with van der Waals surface area (Å²) in [5.41, 5.74) is 1.07. The second-order valence-corrected chi connectivity index (χ2v) is 4.71. The SMILES string of the molecule is CCN(Cc1cccc(Cl)c1)C(=O)CCBr. The van der Waals surface area contributed by atoms with Crippen LogP contribution in [0.2, 0.25) is 5.02 Å². The van der Waals surface area contributed by atoms with E-state index in [-0.39, 0.29) is 5.91 Å². The minimum Gasteiger partial charge on any atom is -0.339 e. The molecule has 1 rings (SSSR count). The molecule has 1 aromatic rings. The van der Waals surface area contributed by atoms with Gasteiger partial charge in [-0.2, -0.15) is 0 Å². The van der Waals surface area contributed by atoms with Gasteiger partial charge >= 0.3 is 0 Å². The van der Waals surface area contributed by atoms with E-state index in [1.165, 1.54) is 0 Å². The molecule has 1 amide bonds. The molecule has 88 valence electrons. The molecular weight excluding hydrogens is 289 g/mol. The van der Waals surface area contributed by atoms with Crippen molar-refractivity contribution in [2.75, 3.05) is 11.9 Å². The monoisotopic (exact) mass is 303 g/mol. The topological polar surface area (TPSA) is 20.3 Å². The molecule has 0 aliphatic carbocycles. The first-order chi connectivity index (χ1) is 7.67. The summed E-state index contributed by atoms with van der Waals surface area (Å²) in [6, 6.07) is 7.61.